The van der Waals surface area contributed by atoms with E-state index in [0.717, 1.165) is 12.8 Å². The first kappa shape index (κ1) is 10.7. The number of piperidine rings is 1. The third kappa shape index (κ3) is 1.91. The summed E-state index contributed by atoms with van der Waals surface area (Å²) in [6, 6.07) is 0.702. The number of nitrogens with zero attached hydrogens (tertiary/aromatic N) is 2. The fourth-order valence-electron chi connectivity index (χ4n) is 1.90. The summed E-state index contributed by atoms with van der Waals surface area (Å²) >= 11 is 0. The van der Waals surface area contributed by atoms with Crippen molar-refractivity contribution < 1.29 is 19.2 Å². The fraction of sp³-hybridized carbons (Fsp3) is 0.500. The number of likely N-dealkylation sites (tertiary alicyclic amines) is 1. The lowest BCUT2D eigenvalue weighted by molar-refractivity contribution is -0.143. The Morgan fingerprint density at radius 2 is 2.31 bits per heavy atom. The van der Waals surface area contributed by atoms with Crippen molar-refractivity contribution in [1.29, 1.82) is 0 Å². The Bertz CT molecular complexity index is 388. The zero-order chi connectivity index (χ0) is 11.5. The molecule has 6 heteroatoms. The van der Waals surface area contributed by atoms with Gasteiger partial charge in [-0.1, -0.05) is 5.16 Å². The normalized spacial score (nSPS) is 20.8. The lowest BCUT2D eigenvalue weighted by atomic mass is 10.0. The molecule has 1 fully saturated rings. The zero-order valence-corrected chi connectivity index (χ0v) is 8.63. The van der Waals surface area contributed by atoms with E-state index in [1.165, 1.54) is 17.2 Å². The van der Waals surface area contributed by atoms with Crippen molar-refractivity contribution in [2.45, 2.75) is 25.3 Å². The molecule has 1 atom stereocenters. The van der Waals surface area contributed by atoms with Crippen molar-refractivity contribution in [3.8, 4) is 0 Å². The molecule has 1 N–H and O–H groups in total. The SMILES string of the molecule is O=C(O)C1CCCCN1C(=O)c1ccon1. The molecule has 2 heterocycles. The molecule has 1 aliphatic heterocycles. The van der Waals surface area contributed by atoms with Crippen LogP contribution in [0.2, 0.25) is 0 Å². The van der Waals surface area contributed by atoms with Crippen molar-refractivity contribution in [3.63, 3.8) is 0 Å². The van der Waals surface area contributed by atoms with E-state index in [-0.39, 0.29) is 11.6 Å². The summed E-state index contributed by atoms with van der Waals surface area (Å²) in [6.07, 6.45) is 3.46. The molecule has 0 aliphatic carbocycles. The Morgan fingerprint density at radius 3 is 2.94 bits per heavy atom. The van der Waals surface area contributed by atoms with Crippen LogP contribution in [0.5, 0.6) is 0 Å². The first-order chi connectivity index (χ1) is 7.70. The molecule has 1 saturated heterocycles. The van der Waals surface area contributed by atoms with E-state index in [1.807, 2.05) is 0 Å². The van der Waals surface area contributed by atoms with Gasteiger partial charge < -0.3 is 14.5 Å². The Morgan fingerprint density at radius 1 is 1.50 bits per heavy atom. The lowest BCUT2D eigenvalue weighted by Gasteiger charge is -2.32. The second-order valence-corrected chi connectivity index (χ2v) is 3.73. The smallest absolute Gasteiger partial charge is 0.326 e. The Labute approximate surface area is 91.8 Å². The lowest BCUT2D eigenvalue weighted by Crippen LogP contribution is -2.48. The van der Waals surface area contributed by atoms with Gasteiger partial charge in [-0.2, -0.15) is 0 Å². The Hall–Kier alpha value is -1.85. The van der Waals surface area contributed by atoms with Crippen LogP contribution in [0.15, 0.2) is 16.9 Å². The minimum absolute atomic E-state index is 0.160. The van der Waals surface area contributed by atoms with Crippen LogP contribution < -0.4 is 0 Å². The third-order valence-electron chi connectivity index (χ3n) is 2.71. The number of carbonyl (C=O) groups excluding carboxylic acids is 1. The minimum atomic E-state index is -0.962. The van der Waals surface area contributed by atoms with Gasteiger partial charge in [-0.05, 0) is 19.3 Å². The summed E-state index contributed by atoms with van der Waals surface area (Å²) in [7, 11) is 0. The van der Waals surface area contributed by atoms with Crippen molar-refractivity contribution >= 4 is 11.9 Å². The zero-order valence-electron chi connectivity index (χ0n) is 8.63. The highest BCUT2D eigenvalue weighted by atomic mass is 16.5. The molecule has 0 aromatic carbocycles. The third-order valence-corrected chi connectivity index (χ3v) is 2.71. The molecule has 6 nitrogen and oxygen atoms in total. The number of hydrogen-bond donors (Lipinski definition) is 1. The van der Waals surface area contributed by atoms with Gasteiger partial charge in [-0.25, -0.2) is 4.79 Å². The van der Waals surface area contributed by atoms with Gasteiger partial charge in [0.25, 0.3) is 5.91 Å². The molecule has 86 valence electrons. The quantitative estimate of drug-likeness (QED) is 0.801. The highest BCUT2D eigenvalue weighted by Crippen LogP contribution is 2.19. The van der Waals surface area contributed by atoms with E-state index in [0.29, 0.717) is 13.0 Å². The molecule has 0 radical (unpaired) electrons. The number of carbonyl (C=O) groups is 2. The van der Waals surface area contributed by atoms with E-state index in [1.54, 1.807) is 0 Å². The number of aromatic nitrogens is 1. The largest absolute Gasteiger partial charge is 0.480 e. The van der Waals surface area contributed by atoms with Gasteiger partial charge in [-0.3, -0.25) is 4.79 Å². The van der Waals surface area contributed by atoms with E-state index >= 15 is 0 Å². The molecule has 16 heavy (non-hydrogen) atoms. The standard InChI is InChI=1S/C10H12N2O4/c13-9(7-4-6-16-11-7)12-5-2-1-3-8(12)10(14)15/h4,6,8H,1-3,5H2,(H,14,15). The second kappa shape index (κ2) is 4.34. The van der Waals surface area contributed by atoms with Crippen LogP contribution in [0.25, 0.3) is 0 Å². The van der Waals surface area contributed by atoms with Gasteiger partial charge in [0.2, 0.25) is 0 Å². The minimum Gasteiger partial charge on any atom is -0.480 e. The number of carboxylic acid groups (broad SMARTS) is 1. The van der Waals surface area contributed by atoms with Gasteiger partial charge in [0.05, 0.1) is 0 Å². The first-order valence-corrected chi connectivity index (χ1v) is 5.14. The van der Waals surface area contributed by atoms with Crippen molar-refractivity contribution in [2.75, 3.05) is 6.54 Å². The van der Waals surface area contributed by atoms with Gasteiger partial charge in [-0.15, -0.1) is 0 Å². The second-order valence-electron chi connectivity index (χ2n) is 3.73. The van der Waals surface area contributed by atoms with Crippen LogP contribution in [0.1, 0.15) is 29.8 Å². The Balaban J connectivity index is 2.17. The van der Waals surface area contributed by atoms with Gasteiger partial charge in [0.1, 0.15) is 12.3 Å². The molecule has 1 amide bonds. The number of rotatable bonds is 2. The molecule has 1 unspecified atom stereocenters. The highest BCUT2D eigenvalue weighted by molar-refractivity contribution is 5.94. The summed E-state index contributed by atoms with van der Waals surface area (Å²) in [5.74, 6) is -1.34. The van der Waals surface area contributed by atoms with Crippen LogP contribution in [-0.2, 0) is 4.79 Å². The predicted octanol–water partition coefficient (Wildman–Crippen LogP) is 0.754. The number of amides is 1. The van der Waals surface area contributed by atoms with Crippen molar-refractivity contribution in [3.05, 3.63) is 18.0 Å². The van der Waals surface area contributed by atoms with E-state index in [4.69, 9.17) is 5.11 Å². The Kier molecular flexibility index (Phi) is 2.89. The topological polar surface area (TPSA) is 83.6 Å². The molecule has 2 rings (SSSR count). The molecule has 1 aliphatic rings. The molecular weight excluding hydrogens is 212 g/mol. The maximum Gasteiger partial charge on any atom is 0.326 e. The van der Waals surface area contributed by atoms with E-state index < -0.39 is 12.0 Å². The van der Waals surface area contributed by atoms with Crippen LogP contribution in [0.3, 0.4) is 0 Å². The van der Waals surface area contributed by atoms with Crippen LogP contribution >= 0.6 is 0 Å². The number of carboxylic acids is 1. The summed E-state index contributed by atoms with van der Waals surface area (Å²) in [5, 5.41) is 12.5. The number of aliphatic carboxylic acids is 1. The summed E-state index contributed by atoms with van der Waals surface area (Å²) in [4.78, 5) is 24.3. The van der Waals surface area contributed by atoms with E-state index in [2.05, 4.69) is 9.68 Å². The summed E-state index contributed by atoms with van der Waals surface area (Å²) < 4.78 is 4.58. The van der Waals surface area contributed by atoms with Crippen molar-refractivity contribution in [1.82, 2.24) is 10.1 Å². The molecule has 1 aromatic heterocycles. The summed E-state index contributed by atoms with van der Waals surface area (Å²) in [6.45, 7) is 0.461. The fourth-order valence-corrected chi connectivity index (χ4v) is 1.90. The molecule has 1 aromatic rings. The van der Waals surface area contributed by atoms with Crippen LogP contribution in [0.4, 0.5) is 0 Å². The van der Waals surface area contributed by atoms with Crippen molar-refractivity contribution in [2.24, 2.45) is 0 Å². The number of hydrogen-bond acceptors (Lipinski definition) is 4. The molecular formula is C10H12N2O4. The predicted molar refractivity (Wildman–Crippen MR) is 52.8 cm³/mol. The maximum atomic E-state index is 11.9. The van der Waals surface area contributed by atoms with Crippen LogP contribution in [0, 0.1) is 0 Å². The average Bonchev–Trinajstić information content (AvgIpc) is 2.81. The molecule has 0 saturated carbocycles. The summed E-state index contributed by atoms with van der Waals surface area (Å²) in [5.41, 5.74) is 0.160. The average molecular weight is 224 g/mol. The monoisotopic (exact) mass is 224 g/mol. The maximum absolute atomic E-state index is 11.9. The molecule has 0 bridgehead atoms. The van der Waals surface area contributed by atoms with Gasteiger partial charge in [0, 0.05) is 12.6 Å². The van der Waals surface area contributed by atoms with Gasteiger partial charge in [0.15, 0.2) is 5.69 Å². The molecule has 0 spiro atoms. The van der Waals surface area contributed by atoms with Gasteiger partial charge >= 0.3 is 5.97 Å². The highest BCUT2D eigenvalue weighted by Gasteiger charge is 2.33. The van der Waals surface area contributed by atoms with E-state index in [9.17, 15) is 9.59 Å². The first-order valence-electron chi connectivity index (χ1n) is 5.14. The van der Waals surface area contributed by atoms with Crippen LogP contribution in [-0.4, -0.2) is 39.6 Å².